The van der Waals surface area contributed by atoms with Gasteiger partial charge in [-0.3, -0.25) is 0 Å². The van der Waals surface area contributed by atoms with E-state index in [4.69, 9.17) is 29.9 Å². The van der Waals surface area contributed by atoms with Crippen LogP contribution in [0, 0.1) is 0 Å². The molecule has 0 saturated heterocycles. The van der Waals surface area contributed by atoms with Crippen LogP contribution in [0.2, 0.25) is 0 Å². The van der Waals surface area contributed by atoms with Crippen LogP contribution < -0.4 is 0 Å². The number of pyridine rings is 1. The van der Waals surface area contributed by atoms with Crippen molar-refractivity contribution in [3.8, 4) is 119 Å². The predicted octanol–water partition coefficient (Wildman–Crippen LogP) is 29.8. The molecule has 132 heavy (non-hydrogen) atoms. The van der Waals surface area contributed by atoms with E-state index in [0.717, 1.165) is 89.4 Å². The molecule has 0 spiro atoms. The van der Waals surface area contributed by atoms with Gasteiger partial charge in [-0.15, -0.1) is 0 Å². The number of hydrogen-bond acceptors (Lipinski definition) is 6. The first-order valence-electron chi connectivity index (χ1n) is 44.3. The van der Waals surface area contributed by atoms with E-state index >= 15 is 0 Å². The molecule has 0 aliphatic heterocycles. The standard InChI is InChI=1S/C41H26N2Se.C40H25N3Se.C39H24N4Se/c1-3-12-27(13-4-1)30-25-36(28-14-5-2-6-15-28)42-40(26-30)43-37-20-9-7-16-32(37)35-24-29(22-23-38(35)43)31-18-11-19-34-33-17-8-10-21-39(33)44-41(31)34;1-3-12-26(13-4-1)34-25-35(27-14-5-2-6-15-27)42-40(41-34)43-36-20-9-7-16-30(36)33-24-28(22-23-37(33)43)29-18-11-19-32-31-17-8-10-21-38(31)44-39(29)32;1-3-12-25(13-4-1)37-40-38(26-14-5-2-6-15-26)42-39(41-37)43-33-20-9-7-16-29(33)32-24-27(22-23-34(32)43)28-18-11-19-31-30-17-8-10-21-35(30)44-36(28)31/h1-26H;1-25H;1-24H. The first kappa shape index (κ1) is 78.4. The summed E-state index contributed by atoms with van der Waals surface area (Å²) in [6, 6.07) is 162. The second-order valence-corrected chi connectivity index (χ2v) is 39.7. The van der Waals surface area contributed by atoms with Gasteiger partial charge in [-0.2, -0.15) is 0 Å². The number of rotatable bonds is 12. The SMILES string of the molecule is c1ccc(-c2cc(-c3ccccc3)nc(-n3c4ccccc4c4cc(-c5cccc6c5[se]c5ccccc56)ccc43)c2)cc1.c1ccc(-c2cc(-c3ccccc3)nc(-n3c4ccccc4c4cc(-c5cccc6c5[se]c5ccccc56)ccc43)n2)cc1.c1ccc(-c2nc(-c3ccccc3)nc(-n3c4ccccc4c4cc(-c5cccc6c5[se]c5ccccc56)ccc43)n2)cc1. The van der Waals surface area contributed by atoms with Crippen LogP contribution in [-0.4, -0.2) is 87.1 Å². The fourth-order valence-electron chi connectivity index (χ4n) is 19.2. The van der Waals surface area contributed by atoms with E-state index in [1.54, 1.807) is 0 Å². The summed E-state index contributed by atoms with van der Waals surface area (Å²) in [4.78, 5) is 30.7. The minimum Gasteiger partial charge on any atom is -0.0615 e. The number of hydrogen-bond donors (Lipinski definition) is 0. The molecule has 0 aliphatic carbocycles. The Morgan fingerprint density at radius 3 is 0.826 bits per heavy atom. The third-order valence-electron chi connectivity index (χ3n) is 25.3. The fraction of sp³-hybridized carbons (Fsp3) is 0. The van der Waals surface area contributed by atoms with Crippen LogP contribution in [0.4, 0.5) is 0 Å². The molecule has 12 heteroatoms. The Morgan fingerprint density at radius 2 is 0.447 bits per heavy atom. The van der Waals surface area contributed by atoms with Crippen LogP contribution in [0.1, 0.15) is 0 Å². The van der Waals surface area contributed by atoms with Crippen LogP contribution in [-0.2, 0) is 0 Å². The van der Waals surface area contributed by atoms with E-state index in [1.807, 2.05) is 72.8 Å². The van der Waals surface area contributed by atoms with Crippen LogP contribution >= 0.6 is 0 Å². The third-order valence-corrected chi connectivity index (χ3v) is 33.0. The van der Waals surface area contributed by atoms with Gasteiger partial charge in [-0.05, 0) is 0 Å². The van der Waals surface area contributed by atoms with Crippen molar-refractivity contribution in [2.75, 3.05) is 0 Å². The fourth-order valence-corrected chi connectivity index (χ4v) is 26.9. The van der Waals surface area contributed by atoms with Crippen molar-refractivity contribution in [3.05, 3.63) is 455 Å². The first-order chi connectivity index (χ1) is 65.4. The van der Waals surface area contributed by atoms with E-state index in [2.05, 4.69) is 396 Å². The van der Waals surface area contributed by atoms with Gasteiger partial charge in [0.1, 0.15) is 0 Å². The molecule has 18 aromatic carbocycles. The Kier molecular flexibility index (Phi) is 19.8. The number of aromatic nitrogens is 9. The van der Waals surface area contributed by atoms with Gasteiger partial charge in [-0.25, -0.2) is 0 Å². The molecule has 0 fully saturated rings. The van der Waals surface area contributed by atoms with Gasteiger partial charge in [0.2, 0.25) is 0 Å². The van der Waals surface area contributed by atoms with Gasteiger partial charge in [0.15, 0.2) is 0 Å². The second-order valence-electron chi connectivity index (χ2n) is 33.1. The van der Waals surface area contributed by atoms with E-state index < -0.39 is 0 Å². The molecule has 0 saturated carbocycles. The van der Waals surface area contributed by atoms with Gasteiger partial charge >= 0.3 is 675 Å². The molecule has 9 aromatic heterocycles. The molecule has 0 aliphatic rings. The molecular weight excluding hydrogens is 1800 g/mol. The van der Waals surface area contributed by atoms with Gasteiger partial charge in [0, 0.05) is 0 Å². The van der Waals surface area contributed by atoms with Gasteiger partial charge < -0.3 is 0 Å². The van der Waals surface area contributed by atoms with Crippen molar-refractivity contribution in [1.29, 1.82) is 0 Å². The van der Waals surface area contributed by atoms with E-state index in [-0.39, 0.29) is 29.0 Å². The van der Waals surface area contributed by atoms with Gasteiger partial charge in [0.25, 0.3) is 0 Å². The summed E-state index contributed by atoms with van der Waals surface area (Å²) < 4.78 is 15.5. The summed E-state index contributed by atoms with van der Waals surface area (Å²) in [5, 5.41) is 15.5. The van der Waals surface area contributed by atoms with E-state index in [1.165, 1.54) is 129 Å². The molecule has 618 valence electrons. The van der Waals surface area contributed by atoms with Gasteiger partial charge in [-0.1, -0.05) is 109 Å². The first-order valence-corrected chi connectivity index (χ1v) is 49.4. The third kappa shape index (κ3) is 14.0. The zero-order chi connectivity index (χ0) is 87.1. The maximum absolute atomic E-state index is 5.29. The zero-order valence-corrected chi connectivity index (χ0v) is 76.2. The monoisotopic (exact) mass is 1880 g/mol. The Balaban J connectivity index is 0.000000106. The average molecular weight is 1880 g/mol. The topological polar surface area (TPSA) is 92.1 Å². The number of nitrogens with zero attached hydrogens (tertiary/aromatic N) is 9. The number of fused-ring (bicyclic) bond motifs is 18. The van der Waals surface area contributed by atoms with Crippen LogP contribution in [0.3, 0.4) is 0 Å². The minimum atomic E-state index is 0.276. The molecule has 27 rings (SSSR count). The van der Waals surface area contributed by atoms with Crippen LogP contribution in [0.25, 0.3) is 242 Å². The Hall–Kier alpha value is -15.8. The minimum absolute atomic E-state index is 0.276. The molecular formula is C120H75N9Se3. The van der Waals surface area contributed by atoms with Crippen LogP contribution in [0.15, 0.2) is 455 Å². The predicted molar refractivity (Wildman–Crippen MR) is 554 cm³/mol. The molecule has 0 atom stereocenters. The summed E-state index contributed by atoms with van der Waals surface area (Å²) in [5.74, 6) is 3.50. The summed E-state index contributed by atoms with van der Waals surface area (Å²) in [7, 11) is 0. The van der Waals surface area contributed by atoms with E-state index in [9.17, 15) is 0 Å². The summed E-state index contributed by atoms with van der Waals surface area (Å²) >= 11 is 0.851. The summed E-state index contributed by atoms with van der Waals surface area (Å²) in [5.41, 5.74) is 24.6. The van der Waals surface area contributed by atoms with Crippen molar-refractivity contribution in [2.24, 2.45) is 0 Å². The van der Waals surface area contributed by atoms with Crippen molar-refractivity contribution >= 4 is 167 Å². The molecule has 27 aromatic rings. The van der Waals surface area contributed by atoms with Crippen molar-refractivity contribution in [3.63, 3.8) is 0 Å². The zero-order valence-electron chi connectivity index (χ0n) is 71.1. The van der Waals surface area contributed by atoms with E-state index in [0.29, 0.717) is 38.0 Å². The van der Waals surface area contributed by atoms with Crippen molar-refractivity contribution in [2.45, 2.75) is 0 Å². The summed E-state index contributed by atoms with van der Waals surface area (Å²) in [6.45, 7) is 0. The summed E-state index contributed by atoms with van der Waals surface area (Å²) in [6.07, 6.45) is 0. The molecule has 0 amide bonds. The average Bonchev–Trinajstić information content (AvgIpc) is 1.59. The number of para-hydroxylation sites is 3. The molecule has 9 nitrogen and oxygen atoms in total. The molecule has 0 bridgehead atoms. The Bertz CT molecular complexity index is 8140. The van der Waals surface area contributed by atoms with Gasteiger partial charge in [0.05, 0.1) is 0 Å². The van der Waals surface area contributed by atoms with Crippen molar-refractivity contribution < 1.29 is 0 Å². The Morgan fingerprint density at radius 1 is 0.159 bits per heavy atom. The Labute approximate surface area is 777 Å². The second kappa shape index (κ2) is 33.3. The van der Waals surface area contributed by atoms with Crippen LogP contribution in [0.5, 0.6) is 0 Å². The molecule has 0 unspecified atom stereocenters. The smallest absolute Gasteiger partial charge is 0.0615 e. The van der Waals surface area contributed by atoms with Crippen molar-refractivity contribution in [1.82, 2.24) is 43.6 Å². The molecule has 0 N–H and O–H groups in total. The molecule has 9 heterocycles. The normalized spacial score (nSPS) is 11.6. The quantitative estimate of drug-likeness (QED) is 0.113. The molecule has 0 radical (unpaired) electrons. The number of benzene rings is 18. The maximum atomic E-state index is 5.29.